The number of aromatic nitrogens is 2. The third-order valence-corrected chi connectivity index (χ3v) is 4.86. The molecule has 4 nitrogen and oxygen atoms in total. The van der Waals surface area contributed by atoms with Crippen LogP contribution in [0.4, 0.5) is 5.69 Å². The number of benzene rings is 1. The molecular weight excluding hydrogens is 306 g/mol. The number of anilines is 1. The van der Waals surface area contributed by atoms with Crippen molar-refractivity contribution >= 4 is 22.9 Å². The summed E-state index contributed by atoms with van der Waals surface area (Å²) < 4.78 is 0. The highest BCUT2D eigenvalue weighted by Gasteiger charge is 2.16. The van der Waals surface area contributed by atoms with Gasteiger partial charge in [-0.15, -0.1) is 11.3 Å². The third-order valence-electron chi connectivity index (χ3n) is 3.65. The summed E-state index contributed by atoms with van der Waals surface area (Å²) in [4.78, 5) is 23.8. The summed E-state index contributed by atoms with van der Waals surface area (Å²) in [6.45, 7) is 1.95. The smallest absolute Gasteiger partial charge is 0.232 e. The molecular formula is C18H17N3OS. The summed E-state index contributed by atoms with van der Waals surface area (Å²) in [5.74, 6) is 0.0595. The van der Waals surface area contributed by atoms with Crippen molar-refractivity contribution in [3.05, 3.63) is 65.4 Å². The predicted octanol–water partition coefficient (Wildman–Crippen LogP) is 3.72. The molecule has 0 spiro atoms. The molecule has 3 rings (SSSR count). The molecule has 0 aliphatic carbocycles. The highest BCUT2D eigenvalue weighted by atomic mass is 32.1. The van der Waals surface area contributed by atoms with Crippen LogP contribution in [-0.2, 0) is 11.2 Å². The quantitative estimate of drug-likeness (QED) is 0.735. The fourth-order valence-electron chi connectivity index (χ4n) is 2.26. The molecule has 5 heteroatoms. The van der Waals surface area contributed by atoms with E-state index in [4.69, 9.17) is 0 Å². The number of para-hydroxylation sites is 1. The van der Waals surface area contributed by atoms with Gasteiger partial charge in [0, 0.05) is 35.6 Å². The fraction of sp³-hybridized carbons (Fsp3) is 0.167. The first-order valence-electron chi connectivity index (χ1n) is 7.33. The van der Waals surface area contributed by atoms with Crippen LogP contribution in [-0.4, -0.2) is 22.9 Å². The summed E-state index contributed by atoms with van der Waals surface area (Å²) >= 11 is 1.57. The molecule has 0 unspecified atom stereocenters. The summed E-state index contributed by atoms with van der Waals surface area (Å²) in [5.41, 5.74) is 2.84. The van der Waals surface area contributed by atoms with Crippen molar-refractivity contribution in [2.75, 3.05) is 11.9 Å². The minimum Gasteiger partial charge on any atom is -0.315 e. The largest absolute Gasteiger partial charge is 0.315 e. The van der Waals surface area contributed by atoms with Crippen LogP contribution in [0.25, 0.3) is 10.6 Å². The second-order valence-corrected chi connectivity index (χ2v) is 6.31. The Morgan fingerprint density at radius 2 is 1.83 bits per heavy atom. The lowest BCUT2D eigenvalue weighted by atomic mass is 10.2. The predicted molar refractivity (Wildman–Crippen MR) is 93.6 cm³/mol. The number of amides is 1. The summed E-state index contributed by atoms with van der Waals surface area (Å²) in [6.07, 6.45) is 3.86. The molecule has 0 saturated heterocycles. The Morgan fingerprint density at radius 1 is 1.13 bits per heavy atom. The molecule has 0 radical (unpaired) electrons. The summed E-state index contributed by atoms with van der Waals surface area (Å²) in [6, 6.07) is 13.5. The number of hydrogen-bond donors (Lipinski definition) is 0. The molecule has 3 aromatic rings. The van der Waals surface area contributed by atoms with Gasteiger partial charge in [0.1, 0.15) is 5.01 Å². The van der Waals surface area contributed by atoms with Gasteiger partial charge < -0.3 is 4.90 Å². The zero-order valence-corrected chi connectivity index (χ0v) is 13.9. The van der Waals surface area contributed by atoms with Crippen LogP contribution >= 0.6 is 11.3 Å². The lowest BCUT2D eigenvalue weighted by molar-refractivity contribution is -0.117. The molecule has 1 amide bonds. The van der Waals surface area contributed by atoms with Crippen molar-refractivity contribution in [2.45, 2.75) is 13.3 Å². The minimum atomic E-state index is 0.0595. The first-order chi connectivity index (χ1) is 11.1. The van der Waals surface area contributed by atoms with Gasteiger partial charge in [-0.05, 0) is 31.2 Å². The topological polar surface area (TPSA) is 46.1 Å². The van der Waals surface area contributed by atoms with Crippen LogP contribution in [0, 0.1) is 6.92 Å². The average molecular weight is 323 g/mol. The van der Waals surface area contributed by atoms with Gasteiger partial charge in [-0.1, -0.05) is 18.2 Å². The van der Waals surface area contributed by atoms with Crippen LogP contribution in [0.3, 0.4) is 0 Å². The Kier molecular flexibility index (Phi) is 4.48. The van der Waals surface area contributed by atoms with Gasteiger partial charge in [0.15, 0.2) is 0 Å². The number of aryl methyl sites for hydroxylation is 1. The van der Waals surface area contributed by atoms with Crippen LogP contribution in [0.15, 0.2) is 54.9 Å². The van der Waals surface area contributed by atoms with E-state index in [2.05, 4.69) is 9.97 Å². The van der Waals surface area contributed by atoms with E-state index in [1.165, 1.54) is 0 Å². The highest BCUT2D eigenvalue weighted by molar-refractivity contribution is 7.15. The van der Waals surface area contributed by atoms with Crippen LogP contribution in [0.5, 0.6) is 0 Å². The van der Waals surface area contributed by atoms with Gasteiger partial charge in [-0.2, -0.15) is 0 Å². The molecule has 23 heavy (non-hydrogen) atoms. The molecule has 116 valence electrons. The van der Waals surface area contributed by atoms with Gasteiger partial charge in [0.25, 0.3) is 0 Å². The lowest BCUT2D eigenvalue weighted by Crippen LogP contribution is -2.27. The van der Waals surface area contributed by atoms with E-state index in [1.807, 2.05) is 49.4 Å². The summed E-state index contributed by atoms with van der Waals surface area (Å²) in [5, 5.41) is 0.926. The van der Waals surface area contributed by atoms with Gasteiger partial charge in [-0.3, -0.25) is 9.78 Å². The Bertz CT molecular complexity index is 800. The maximum Gasteiger partial charge on any atom is 0.232 e. The standard InChI is InChI=1S/C18H17N3OS/c1-13-16(23-18(20-13)14-8-10-19-11-9-14)12-17(22)21(2)15-6-4-3-5-7-15/h3-11H,12H2,1-2H3. The molecule has 0 atom stereocenters. The first-order valence-corrected chi connectivity index (χ1v) is 8.15. The molecule has 1 aromatic carbocycles. The zero-order valence-electron chi connectivity index (χ0n) is 13.1. The Hall–Kier alpha value is -2.53. The van der Waals surface area contributed by atoms with Crippen molar-refractivity contribution in [1.82, 2.24) is 9.97 Å². The van der Waals surface area contributed by atoms with E-state index in [0.29, 0.717) is 6.42 Å². The third kappa shape index (κ3) is 3.46. The van der Waals surface area contributed by atoms with Crippen LogP contribution in [0.2, 0.25) is 0 Å². The number of rotatable bonds is 4. The minimum absolute atomic E-state index is 0.0595. The molecule has 0 saturated carbocycles. The van der Waals surface area contributed by atoms with Gasteiger partial charge in [0.2, 0.25) is 5.91 Å². The fourth-order valence-corrected chi connectivity index (χ4v) is 3.32. The Labute approximate surface area is 139 Å². The van der Waals surface area contributed by atoms with Crippen molar-refractivity contribution < 1.29 is 4.79 Å². The normalized spacial score (nSPS) is 10.5. The van der Waals surface area contributed by atoms with E-state index < -0.39 is 0 Å². The molecule has 2 heterocycles. The van der Waals surface area contributed by atoms with Crippen molar-refractivity contribution in [3.63, 3.8) is 0 Å². The Balaban J connectivity index is 1.78. The van der Waals surface area contributed by atoms with Crippen LogP contribution < -0.4 is 4.90 Å². The second kappa shape index (κ2) is 6.71. The molecule has 2 aromatic heterocycles. The SMILES string of the molecule is Cc1nc(-c2ccncc2)sc1CC(=O)N(C)c1ccccc1. The average Bonchev–Trinajstić information content (AvgIpc) is 2.96. The maximum absolute atomic E-state index is 12.5. The number of carbonyl (C=O) groups excluding carboxylic acids is 1. The van der Waals surface area contributed by atoms with E-state index >= 15 is 0 Å². The van der Waals surface area contributed by atoms with E-state index in [0.717, 1.165) is 26.8 Å². The van der Waals surface area contributed by atoms with E-state index in [-0.39, 0.29) is 5.91 Å². The number of likely N-dealkylation sites (N-methyl/N-ethyl adjacent to an activating group) is 1. The van der Waals surface area contributed by atoms with Crippen LogP contribution in [0.1, 0.15) is 10.6 Å². The summed E-state index contributed by atoms with van der Waals surface area (Å²) in [7, 11) is 1.80. The van der Waals surface area contributed by atoms with Gasteiger partial charge in [-0.25, -0.2) is 4.98 Å². The van der Waals surface area contributed by atoms with Crippen molar-refractivity contribution in [2.24, 2.45) is 0 Å². The van der Waals surface area contributed by atoms with Gasteiger partial charge in [0.05, 0.1) is 12.1 Å². The lowest BCUT2D eigenvalue weighted by Gasteiger charge is -2.16. The molecule has 0 fully saturated rings. The highest BCUT2D eigenvalue weighted by Crippen LogP contribution is 2.28. The monoisotopic (exact) mass is 323 g/mol. The second-order valence-electron chi connectivity index (χ2n) is 5.23. The number of pyridine rings is 1. The first kappa shape index (κ1) is 15.4. The zero-order chi connectivity index (χ0) is 16.2. The molecule has 0 aliphatic rings. The van der Waals surface area contributed by atoms with Crippen molar-refractivity contribution in [3.8, 4) is 10.6 Å². The Morgan fingerprint density at radius 3 is 2.52 bits per heavy atom. The number of carbonyl (C=O) groups is 1. The number of hydrogen-bond acceptors (Lipinski definition) is 4. The molecule has 0 aliphatic heterocycles. The molecule has 0 N–H and O–H groups in total. The molecule has 0 bridgehead atoms. The van der Waals surface area contributed by atoms with E-state index in [9.17, 15) is 4.79 Å². The number of nitrogens with zero attached hydrogens (tertiary/aromatic N) is 3. The number of thiazole rings is 1. The van der Waals surface area contributed by atoms with Gasteiger partial charge >= 0.3 is 0 Å². The van der Waals surface area contributed by atoms with E-state index in [1.54, 1.807) is 35.7 Å². The maximum atomic E-state index is 12.5. The van der Waals surface area contributed by atoms with Crippen molar-refractivity contribution in [1.29, 1.82) is 0 Å².